The number of aromatic nitrogens is 1. The summed E-state index contributed by atoms with van der Waals surface area (Å²) in [6.07, 6.45) is 1.04. The van der Waals surface area contributed by atoms with Crippen LogP contribution in [0.25, 0.3) is 0 Å². The lowest BCUT2D eigenvalue weighted by Crippen LogP contribution is -2.14. The van der Waals surface area contributed by atoms with Crippen molar-refractivity contribution in [3.63, 3.8) is 0 Å². The van der Waals surface area contributed by atoms with Crippen LogP contribution in [0.15, 0.2) is 29.6 Å². The van der Waals surface area contributed by atoms with E-state index in [1.54, 1.807) is 12.5 Å². The predicted molar refractivity (Wildman–Crippen MR) is 85.0 cm³/mol. The highest BCUT2D eigenvalue weighted by molar-refractivity contribution is 7.13. The molecule has 3 N–H and O–H groups in total. The molecule has 2 aromatic rings. The van der Waals surface area contributed by atoms with E-state index < -0.39 is 5.91 Å². The maximum atomic E-state index is 11.9. The lowest BCUT2D eigenvalue weighted by molar-refractivity contribution is -0.117. The Balaban J connectivity index is 1.84. The molecule has 0 bridgehead atoms. The molecule has 0 radical (unpaired) electrons. The molecule has 1 heterocycles. The lowest BCUT2D eigenvalue weighted by Gasteiger charge is -2.04. The third kappa shape index (κ3) is 4.85. The highest BCUT2D eigenvalue weighted by Gasteiger charge is 2.08. The van der Waals surface area contributed by atoms with Crippen molar-refractivity contribution in [1.82, 2.24) is 4.98 Å². The first-order valence-corrected chi connectivity index (χ1v) is 7.60. The van der Waals surface area contributed by atoms with Gasteiger partial charge in [-0.15, -0.1) is 11.3 Å². The summed E-state index contributed by atoms with van der Waals surface area (Å²) < 4.78 is 5.15. The van der Waals surface area contributed by atoms with E-state index in [1.807, 2.05) is 24.3 Å². The van der Waals surface area contributed by atoms with E-state index in [4.69, 9.17) is 10.5 Å². The molecule has 7 heteroatoms. The van der Waals surface area contributed by atoms with Gasteiger partial charge in [-0.1, -0.05) is 12.1 Å². The van der Waals surface area contributed by atoms with Crippen LogP contribution in [0.3, 0.4) is 0 Å². The zero-order valence-corrected chi connectivity index (χ0v) is 13.0. The first kappa shape index (κ1) is 16.0. The van der Waals surface area contributed by atoms with Crippen LogP contribution in [-0.4, -0.2) is 23.9 Å². The molecule has 116 valence electrons. The van der Waals surface area contributed by atoms with Gasteiger partial charge in [0, 0.05) is 11.8 Å². The quantitative estimate of drug-likeness (QED) is 0.813. The third-order valence-electron chi connectivity index (χ3n) is 2.93. The van der Waals surface area contributed by atoms with Crippen molar-refractivity contribution in [3.05, 3.63) is 40.9 Å². The number of nitrogens with one attached hydrogen (secondary N) is 1. The molecule has 1 aromatic heterocycles. The minimum absolute atomic E-state index is 0.0795. The van der Waals surface area contributed by atoms with Crippen LogP contribution in [0.4, 0.5) is 5.13 Å². The number of primary amides is 1. The molecule has 0 aliphatic rings. The molecule has 6 nitrogen and oxygen atoms in total. The first-order valence-electron chi connectivity index (χ1n) is 6.72. The highest BCUT2D eigenvalue weighted by atomic mass is 32.1. The second-order valence-corrected chi connectivity index (χ2v) is 5.54. The summed E-state index contributed by atoms with van der Waals surface area (Å²) in [5.41, 5.74) is 6.70. The minimum Gasteiger partial charge on any atom is -0.497 e. The van der Waals surface area contributed by atoms with Crippen LogP contribution in [0.5, 0.6) is 5.75 Å². The van der Waals surface area contributed by atoms with Crippen molar-refractivity contribution in [1.29, 1.82) is 0 Å². The number of carbonyl (C=O) groups excluding carboxylic acids is 2. The Morgan fingerprint density at radius 1 is 1.41 bits per heavy atom. The van der Waals surface area contributed by atoms with E-state index in [0.717, 1.165) is 11.3 Å². The van der Waals surface area contributed by atoms with Gasteiger partial charge in [0.2, 0.25) is 11.8 Å². The summed E-state index contributed by atoms with van der Waals surface area (Å²) in [6.45, 7) is 0. The van der Waals surface area contributed by atoms with Gasteiger partial charge in [0.25, 0.3) is 0 Å². The van der Waals surface area contributed by atoms with Gasteiger partial charge in [0.1, 0.15) is 5.75 Å². The van der Waals surface area contributed by atoms with Gasteiger partial charge in [-0.05, 0) is 24.1 Å². The summed E-state index contributed by atoms with van der Waals surface area (Å²) in [4.78, 5) is 26.8. The van der Waals surface area contributed by atoms with Crippen LogP contribution < -0.4 is 15.8 Å². The molecule has 22 heavy (non-hydrogen) atoms. The van der Waals surface area contributed by atoms with Gasteiger partial charge in [-0.3, -0.25) is 9.59 Å². The summed E-state index contributed by atoms with van der Waals surface area (Å²) >= 11 is 1.28. The van der Waals surface area contributed by atoms with Gasteiger partial charge < -0.3 is 15.8 Å². The summed E-state index contributed by atoms with van der Waals surface area (Å²) in [6, 6.07) is 7.61. The zero-order valence-electron chi connectivity index (χ0n) is 12.2. The number of ether oxygens (including phenoxy) is 1. The second kappa shape index (κ2) is 7.56. The van der Waals surface area contributed by atoms with E-state index in [2.05, 4.69) is 10.3 Å². The second-order valence-electron chi connectivity index (χ2n) is 4.69. The lowest BCUT2D eigenvalue weighted by atomic mass is 10.1. The number of nitrogens with two attached hydrogens (primary N) is 1. The van der Waals surface area contributed by atoms with Crippen molar-refractivity contribution in [2.24, 2.45) is 5.73 Å². The molecular formula is C15H17N3O3S. The van der Waals surface area contributed by atoms with E-state index >= 15 is 0 Å². The number of thiazole rings is 1. The molecule has 0 spiro atoms. The van der Waals surface area contributed by atoms with Crippen molar-refractivity contribution in [2.75, 3.05) is 12.4 Å². The zero-order chi connectivity index (χ0) is 15.9. The number of methoxy groups -OCH3 is 1. The number of aryl methyl sites for hydroxylation is 1. The Kier molecular flexibility index (Phi) is 5.48. The van der Waals surface area contributed by atoms with Gasteiger partial charge >= 0.3 is 0 Å². The maximum Gasteiger partial charge on any atom is 0.226 e. The molecule has 0 aliphatic carbocycles. The fraction of sp³-hybridized carbons (Fsp3) is 0.267. The van der Waals surface area contributed by atoms with Crippen molar-refractivity contribution in [3.8, 4) is 5.75 Å². The van der Waals surface area contributed by atoms with Gasteiger partial charge in [0.05, 0.1) is 19.2 Å². The minimum atomic E-state index is -0.443. The Morgan fingerprint density at radius 3 is 2.95 bits per heavy atom. The van der Waals surface area contributed by atoms with E-state index in [9.17, 15) is 9.59 Å². The van der Waals surface area contributed by atoms with Gasteiger partial charge in [-0.25, -0.2) is 4.98 Å². The van der Waals surface area contributed by atoms with Crippen molar-refractivity contribution in [2.45, 2.75) is 19.3 Å². The average Bonchev–Trinajstić information content (AvgIpc) is 2.91. The number of nitrogens with zero attached hydrogens (tertiary/aromatic N) is 1. The summed E-state index contributed by atoms with van der Waals surface area (Å²) in [5, 5.41) is 4.91. The van der Waals surface area contributed by atoms with E-state index in [0.29, 0.717) is 23.7 Å². The first-order chi connectivity index (χ1) is 10.6. The fourth-order valence-electron chi connectivity index (χ4n) is 1.89. The Morgan fingerprint density at radius 2 is 2.23 bits per heavy atom. The number of hydrogen-bond acceptors (Lipinski definition) is 5. The molecule has 0 saturated heterocycles. The molecule has 2 amide bonds. The highest BCUT2D eigenvalue weighted by Crippen LogP contribution is 2.17. The normalized spacial score (nSPS) is 10.2. The topological polar surface area (TPSA) is 94.3 Å². The number of amides is 2. The predicted octanol–water partition coefficient (Wildman–Crippen LogP) is 1.75. The molecule has 0 atom stereocenters. The number of anilines is 1. The largest absolute Gasteiger partial charge is 0.497 e. The smallest absolute Gasteiger partial charge is 0.226 e. The molecular weight excluding hydrogens is 302 g/mol. The number of benzene rings is 1. The SMILES string of the molecule is COc1cccc(CCC(=O)Nc2nc(CC(N)=O)cs2)c1. The van der Waals surface area contributed by atoms with Crippen molar-refractivity contribution < 1.29 is 14.3 Å². The maximum absolute atomic E-state index is 11.9. The van der Waals surface area contributed by atoms with Crippen LogP contribution in [0, 0.1) is 0 Å². The standard InChI is InChI=1S/C15H17N3O3S/c1-21-12-4-2-3-10(7-12)5-6-14(20)18-15-17-11(9-22-15)8-13(16)19/h2-4,7,9H,5-6,8H2,1H3,(H2,16,19)(H,17,18,20). The number of carbonyl (C=O) groups is 2. The summed E-state index contributed by atoms with van der Waals surface area (Å²) in [7, 11) is 1.61. The van der Waals surface area contributed by atoms with Gasteiger partial charge in [0.15, 0.2) is 5.13 Å². The molecule has 1 aromatic carbocycles. The van der Waals surface area contributed by atoms with Crippen molar-refractivity contribution >= 4 is 28.3 Å². The van der Waals surface area contributed by atoms with Crippen LogP contribution in [0.1, 0.15) is 17.7 Å². The molecule has 0 aliphatic heterocycles. The van der Waals surface area contributed by atoms with Crippen LogP contribution in [0.2, 0.25) is 0 Å². The van der Waals surface area contributed by atoms with Crippen LogP contribution >= 0.6 is 11.3 Å². The van der Waals surface area contributed by atoms with E-state index in [-0.39, 0.29) is 12.3 Å². The molecule has 0 unspecified atom stereocenters. The molecule has 0 fully saturated rings. The number of rotatable bonds is 7. The Hall–Kier alpha value is -2.41. The summed E-state index contributed by atoms with van der Waals surface area (Å²) in [5.74, 6) is 0.206. The monoisotopic (exact) mass is 319 g/mol. The number of hydrogen-bond donors (Lipinski definition) is 2. The average molecular weight is 319 g/mol. The third-order valence-corrected chi connectivity index (χ3v) is 3.73. The van der Waals surface area contributed by atoms with Crippen LogP contribution in [-0.2, 0) is 22.4 Å². The molecule has 0 saturated carbocycles. The van der Waals surface area contributed by atoms with Gasteiger partial charge in [-0.2, -0.15) is 0 Å². The fourth-order valence-corrected chi connectivity index (χ4v) is 2.62. The Labute approximate surface area is 132 Å². The molecule has 2 rings (SSSR count). The Bertz CT molecular complexity index is 670. The van der Waals surface area contributed by atoms with E-state index in [1.165, 1.54) is 11.3 Å².